The van der Waals surface area contributed by atoms with Crippen molar-refractivity contribution in [1.29, 1.82) is 0 Å². The van der Waals surface area contributed by atoms with Crippen molar-refractivity contribution in [2.75, 3.05) is 85.8 Å². The van der Waals surface area contributed by atoms with Crippen molar-refractivity contribution in [2.24, 2.45) is 0 Å². The number of piperidine rings is 3. The summed E-state index contributed by atoms with van der Waals surface area (Å²) in [6.45, 7) is 39.4. The maximum atomic E-state index is 6.60. The van der Waals surface area contributed by atoms with E-state index in [2.05, 4.69) is 167 Å². The van der Waals surface area contributed by atoms with Gasteiger partial charge >= 0.3 is 0 Å². The summed E-state index contributed by atoms with van der Waals surface area (Å²) < 4.78 is 19.3. The van der Waals surface area contributed by atoms with Crippen molar-refractivity contribution in [2.45, 2.75) is 180 Å². The van der Waals surface area contributed by atoms with E-state index in [0.29, 0.717) is 44.0 Å². The van der Waals surface area contributed by atoms with E-state index in [-0.39, 0.29) is 22.7 Å². The minimum atomic E-state index is 0.00501. The molecule has 0 N–H and O–H groups in total. The predicted octanol–water partition coefficient (Wildman–Crippen LogP) is 12.3. The minimum absolute atomic E-state index is 0.00501. The van der Waals surface area contributed by atoms with Crippen LogP contribution in [0.4, 0.5) is 0 Å². The third-order valence-electron chi connectivity index (χ3n) is 16.7. The summed E-state index contributed by atoms with van der Waals surface area (Å²) in [7, 11) is 2.37. The van der Waals surface area contributed by atoms with Crippen molar-refractivity contribution in [3.05, 3.63) is 102 Å². The van der Waals surface area contributed by atoms with Gasteiger partial charge in [-0.3, -0.25) is 29.4 Å². The highest BCUT2D eigenvalue weighted by Crippen LogP contribution is 2.35. The molecule has 3 fully saturated rings. The van der Waals surface area contributed by atoms with E-state index in [4.69, 9.17) is 25.8 Å². The molecule has 0 radical (unpaired) electrons. The van der Waals surface area contributed by atoms with Crippen LogP contribution in [0, 0.1) is 13.8 Å². The molecule has 0 bridgehead atoms. The summed E-state index contributed by atoms with van der Waals surface area (Å²) in [6.07, 6.45) is 13.7. The van der Waals surface area contributed by atoms with Crippen molar-refractivity contribution >= 4 is 11.6 Å². The lowest BCUT2D eigenvalue weighted by molar-refractivity contribution is -0.0183. The summed E-state index contributed by atoms with van der Waals surface area (Å²) in [4.78, 5) is 16.5. The van der Waals surface area contributed by atoms with Gasteiger partial charge in [-0.05, 0) is 176 Å². The van der Waals surface area contributed by atoms with Crippen LogP contribution >= 0.6 is 11.6 Å². The molecule has 2 atom stereocenters. The Bertz CT molecular complexity index is 1980. The van der Waals surface area contributed by atoms with Crippen LogP contribution in [0.5, 0.6) is 17.2 Å². The summed E-state index contributed by atoms with van der Waals surface area (Å²) in [5, 5.41) is 0.738. The Labute approximate surface area is 438 Å². The maximum absolute atomic E-state index is 6.60. The number of hydrogen-bond acceptors (Lipinski definition) is 9. The van der Waals surface area contributed by atoms with E-state index in [0.717, 1.165) is 94.0 Å². The van der Waals surface area contributed by atoms with Crippen LogP contribution in [0.2, 0.25) is 5.02 Å². The van der Waals surface area contributed by atoms with Crippen molar-refractivity contribution in [3.8, 4) is 17.2 Å². The summed E-state index contributed by atoms with van der Waals surface area (Å²) in [5.74, 6) is 2.80. The molecular formula is C61H97ClN6O3. The minimum Gasteiger partial charge on any atom is -0.492 e. The van der Waals surface area contributed by atoms with E-state index in [9.17, 15) is 0 Å². The van der Waals surface area contributed by atoms with Gasteiger partial charge in [0, 0.05) is 111 Å². The topological polar surface area (TPSA) is 47.1 Å². The zero-order chi connectivity index (χ0) is 51.2. The Kier molecular flexibility index (Phi) is 21.6. The molecule has 396 valence electrons. The Morgan fingerprint density at radius 2 is 1.04 bits per heavy atom. The highest BCUT2D eigenvalue weighted by molar-refractivity contribution is 6.30. The second kappa shape index (κ2) is 26.9. The van der Waals surface area contributed by atoms with Gasteiger partial charge < -0.3 is 14.2 Å². The van der Waals surface area contributed by atoms with Gasteiger partial charge in [0.15, 0.2) is 0 Å². The fraction of sp³-hybridized carbons (Fsp3) is 0.672. The van der Waals surface area contributed by atoms with Crippen LogP contribution in [0.1, 0.15) is 131 Å². The third kappa shape index (κ3) is 17.2. The van der Waals surface area contributed by atoms with Crippen LogP contribution in [0.3, 0.4) is 0 Å². The molecule has 10 heteroatoms. The third-order valence-corrected chi connectivity index (χ3v) is 16.9. The molecular weight excluding hydrogens is 900 g/mol. The van der Waals surface area contributed by atoms with Crippen molar-refractivity contribution < 1.29 is 14.2 Å². The molecule has 3 aliphatic heterocycles. The summed E-state index contributed by atoms with van der Waals surface area (Å²) in [6, 6.07) is 27.2. The second-order valence-electron chi connectivity index (χ2n) is 23.7. The highest BCUT2D eigenvalue weighted by Gasteiger charge is 2.41. The van der Waals surface area contributed by atoms with E-state index < -0.39 is 0 Å². The van der Waals surface area contributed by atoms with E-state index in [1.807, 2.05) is 24.3 Å². The van der Waals surface area contributed by atoms with Gasteiger partial charge in [0.05, 0.1) is 0 Å². The molecule has 3 aliphatic rings. The molecule has 0 spiro atoms. The lowest BCUT2D eigenvalue weighted by Crippen LogP contribution is -2.59. The molecule has 3 saturated heterocycles. The first kappa shape index (κ1) is 57.1. The zero-order valence-corrected chi connectivity index (χ0v) is 47.2. The quantitative estimate of drug-likeness (QED) is 0.0732. The fourth-order valence-electron chi connectivity index (χ4n) is 12.1. The molecule has 0 amide bonds. The Balaban J connectivity index is 1.11. The first-order valence-electron chi connectivity index (χ1n) is 27.7. The number of halogens is 1. The first-order valence-corrected chi connectivity index (χ1v) is 28.1. The largest absolute Gasteiger partial charge is 0.492 e. The normalized spacial score (nSPS) is 18.9. The Morgan fingerprint density at radius 1 is 0.606 bits per heavy atom. The van der Waals surface area contributed by atoms with Crippen LogP contribution in [-0.2, 0) is 0 Å². The number of aryl methyl sites for hydroxylation is 2. The van der Waals surface area contributed by atoms with Gasteiger partial charge in [0.1, 0.15) is 37.1 Å². The predicted molar refractivity (Wildman–Crippen MR) is 300 cm³/mol. The molecule has 2 unspecified atom stereocenters. The van der Waals surface area contributed by atoms with Crippen LogP contribution in [0.15, 0.2) is 85.5 Å². The molecule has 3 aromatic carbocycles. The molecule has 0 saturated carbocycles. The fourth-order valence-corrected chi connectivity index (χ4v) is 12.3. The molecule has 71 heavy (non-hydrogen) atoms. The first-order chi connectivity index (χ1) is 33.8. The van der Waals surface area contributed by atoms with E-state index >= 15 is 0 Å². The SMILES string of the molecule is C=CCN(CCOc1ccc(C)cc1)C1CCN(C(C)(C)CC(CCC)N(CCOc2ccc(C)cc2)C2CCN(C(C)(C)CC(COc3ccc(Cl)cc3)N(C)C3CCN(C(C)(C)C)CC3)CC2)CC1. The van der Waals surface area contributed by atoms with Crippen LogP contribution < -0.4 is 14.2 Å². The number of hydrogen-bond donors (Lipinski definition) is 0. The highest BCUT2D eigenvalue weighted by atomic mass is 35.5. The lowest BCUT2D eigenvalue weighted by atomic mass is 9.85. The van der Waals surface area contributed by atoms with Crippen LogP contribution in [-0.4, -0.2) is 162 Å². The zero-order valence-electron chi connectivity index (χ0n) is 46.4. The van der Waals surface area contributed by atoms with E-state index in [1.165, 1.54) is 62.5 Å². The summed E-state index contributed by atoms with van der Waals surface area (Å²) >= 11 is 6.28. The number of nitrogens with zero attached hydrogens (tertiary/aromatic N) is 6. The number of likely N-dealkylation sites (N-methyl/N-ethyl adjacent to an activating group) is 1. The average Bonchev–Trinajstić information content (AvgIpc) is 3.35. The standard InChI is InChI=1S/C61H97ClN6O3/c1-13-15-54(45-60(8,9)66-37-30-52(31-38-66)64(34-14-2)41-43-69-56-22-16-48(3)17-23-56)68(42-44-70-57-24-18-49(4)19-25-57)53-32-39-67(40-33-53)61(10,11)46-55(47-71-58-26-20-50(62)21-27-58)63(12)51-28-35-65(36-29-51)59(5,6)7/h14,16-27,51-55H,2,13,15,28-47H2,1,3-12H3. The van der Waals surface area contributed by atoms with Gasteiger partial charge in [-0.15, -0.1) is 6.58 Å². The van der Waals surface area contributed by atoms with Gasteiger partial charge in [-0.25, -0.2) is 0 Å². The molecule has 3 heterocycles. The smallest absolute Gasteiger partial charge is 0.119 e. The average molecular weight is 998 g/mol. The number of ether oxygens (including phenoxy) is 3. The molecule has 0 aromatic heterocycles. The number of rotatable bonds is 26. The Hall–Kier alpha value is -3.15. The molecule has 3 aromatic rings. The van der Waals surface area contributed by atoms with Gasteiger partial charge in [0.2, 0.25) is 0 Å². The van der Waals surface area contributed by atoms with Gasteiger partial charge in [0.25, 0.3) is 0 Å². The number of benzene rings is 3. The Morgan fingerprint density at radius 3 is 1.54 bits per heavy atom. The van der Waals surface area contributed by atoms with Gasteiger partial charge in [-0.2, -0.15) is 0 Å². The van der Waals surface area contributed by atoms with Crippen LogP contribution in [0.25, 0.3) is 0 Å². The van der Waals surface area contributed by atoms with Gasteiger partial charge in [-0.1, -0.05) is 66.4 Å². The molecule has 9 nitrogen and oxygen atoms in total. The lowest BCUT2D eigenvalue weighted by Gasteiger charge is -2.51. The molecule has 6 rings (SSSR count). The maximum Gasteiger partial charge on any atom is 0.119 e. The second-order valence-corrected chi connectivity index (χ2v) is 24.2. The monoisotopic (exact) mass is 997 g/mol. The number of likely N-dealkylation sites (tertiary alicyclic amines) is 3. The molecule has 0 aliphatic carbocycles. The van der Waals surface area contributed by atoms with Crippen molar-refractivity contribution in [3.63, 3.8) is 0 Å². The van der Waals surface area contributed by atoms with E-state index in [1.54, 1.807) is 0 Å². The summed E-state index contributed by atoms with van der Waals surface area (Å²) in [5.41, 5.74) is 2.80. The van der Waals surface area contributed by atoms with Crippen molar-refractivity contribution in [1.82, 2.24) is 29.4 Å².